The highest BCUT2D eigenvalue weighted by atomic mass is 16.5. The van der Waals surface area contributed by atoms with Gasteiger partial charge < -0.3 is 19.7 Å². The van der Waals surface area contributed by atoms with E-state index in [-0.39, 0.29) is 17.9 Å². The van der Waals surface area contributed by atoms with E-state index < -0.39 is 0 Å². The molecule has 1 aromatic carbocycles. The van der Waals surface area contributed by atoms with E-state index in [0.717, 1.165) is 18.4 Å². The number of ether oxygens (including phenoxy) is 2. The molecule has 1 saturated heterocycles. The largest absolute Gasteiger partial charge is 0.493 e. The van der Waals surface area contributed by atoms with Gasteiger partial charge in [-0.15, -0.1) is 0 Å². The molecule has 6 heteroatoms. The first-order valence-electron chi connectivity index (χ1n) is 8.43. The number of carbonyl (C=O) groups is 2. The fourth-order valence-corrected chi connectivity index (χ4v) is 2.71. The van der Waals surface area contributed by atoms with Crippen molar-refractivity contribution < 1.29 is 19.1 Å². The second-order valence-electron chi connectivity index (χ2n) is 6.33. The molecule has 0 radical (unpaired) electrons. The molecule has 25 heavy (non-hydrogen) atoms. The number of carbonyl (C=O) groups excluding carboxylic acids is 2. The number of hydrogen-bond acceptors (Lipinski definition) is 4. The molecule has 0 bridgehead atoms. The molecule has 0 saturated carbocycles. The van der Waals surface area contributed by atoms with Crippen molar-refractivity contribution in [3.05, 3.63) is 35.9 Å². The van der Waals surface area contributed by atoms with Crippen molar-refractivity contribution in [1.29, 1.82) is 0 Å². The summed E-state index contributed by atoms with van der Waals surface area (Å²) in [5, 5.41) is 2.81. The minimum Gasteiger partial charge on any atom is -0.493 e. The number of amides is 2. The molecule has 2 amide bonds. The number of nitrogens with one attached hydrogen (secondary N) is 1. The van der Waals surface area contributed by atoms with Crippen molar-refractivity contribution in [3.8, 4) is 11.5 Å². The van der Waals surface area contributed by atoms with Gasteiger partial charge in [0.1, 0.15) is 6.10 Å². The van der Waals surface area contributed by atoms with Crippen molar-refractivity contribution in [2.45, 2.75) is 32.8 Å². The van der Waals surface area contributed by atoms with Gasteiger partial charge in [-0.3, -0.25) is 9.59 Å². The normalized spacial score (nSPS) is 14.8. The predicted octanol–water partition coefficient (Wildman–Crippen LogP) is 2.39. The average Bonchev–Trinajstić information content (AvgIpc) is 2.60. The number of hydrogen-bond donors (Lipinski definition) is 1. The Hall–Kier alpha value is -2.50. The van der Waals surface area contributed by atoms with Gasteiger partial charge in [0.2, 0.25) is 5.91 Å². The van der Waals surface area contributed by atoms with Gasteiger partial charge in [-0.25, -0.2) is 0 Å². The number of benzene rings is 1. The van der Waals surface area contributed by atoms with Crippen LogP contribution in [-0.4, -0.2) is 49.6 Å². The van der Waals surface area contributed by atoms with E-state index in [0.29, 0.717) is 36.7 Å². The minimum absolute atomic E-state index is 0.00164. The molecule has 1 fully saturated rings. The van der Waals surface area contributed by atoms with Crippen LogP contribution in [0.4, 0.5) is 0 Å². The van der Waals surface area contributed by atoms with Crippen LogP contribution in [-0.2, 0) is 4.79 Å². The van der Waals surface area contributed by atoms with Crippen molar-refractivity contribution in [2.75, 3.05) is 26.7 Å². The molecule has 0 atom stereocenters. The molecule has 1 aromatic rings. The summed E-state index contributed by atoms with van der Waals surface area (Å²) in [4.78, 5) is 25.4. The quantitative estimate of drug-likeness (QED) is 0.803. The van der Waals surface area contributed by atoms with E-state index >= 15 is 0 Å². The summed E-state index contributed by atoms with van der Waals surface area (Å²) >= 11 is 0. The Balaban J connectivity index is 2.06. The molecule has 6 nitrogen and oxygen atoms in total. The summed E-state index contributed by atoms with van der Waals surface area (Å²) in [6.45, 7) is 9.01. The Bertz CT molecular complexity index is 649. The molecule has 0 unspecified atom stereocenters. The standard InChI is InChI=1S/C19H26N2O4/c1-13(2)12-20-19(23)15-5-6-17(24-4)18(11-15)25-16-7-9-21(10-8-16)14(3)22/h5-6,11,16H,1,7-10,12H2,2-4H3,(H,20,23). The van der Waals surface area contributed by atoms with E-state index in [4.69, 9.17) is 9.47 Å². The van der Waals surface area contributed by atoms with Crippen LogP contribution in [0.5, 0.6) is 11.5 Å². The highest BCUT2D eigenvalue weighted by molar-refractivity contribution is 5.95. The third kappa shape index (κ3) is 5.24. The average molecular weight is 346 g/mol. The number of likely N-dealkylation sites (tertiary alicyclic amines) is 1. The molecule has 1 heterocycles. The SMILES string of the molecule is C=C(C)CNC(=O)c1ccc(OC)c(OC2CCN(C(C)=O)CC2)c1. The molecule has 136 valence electrons. The van der Waals surface area contributed by atoms with Gasteiger partial charge in [0.05, 0.1) is 7.11 Å². The topological polar surface area (TPSA) is 67.9 Å². The number of nitrogens with zero attached hydrogens (tertiary/aromatic N) is 1. The maximum absolute atomic E-state index is 12.2. The highest BCUT2D eigenvalue weighted by Gasteiger charge is 2.23. The molecular formula is C19H26N2O4. The first-order chi connectivity index (χ1) is 11.9. The Morgan fingerprint density at radius 2 is 1.92 bits per heavy atom. The Labute approximate surface area is 148 Å². The lowest BCUT2D eigenvalue weighted by Crippen LogP contribution is -2.40. The summed E-state index contributed by atoms with van der Waals surface area (Å²) in [5.74, 6) is 1.05. The summed E-state index contributed by atoms with van der Waals surface area (Å²) in [7, 11) is 1.57. The summed E-state index contributed by atoms with van der Waals surface area (Å²) in [6, 6.07) is 5.14. The highest BCUT2D eigenvalue weighted by Crippen LogP contribution is 2.30. The summed E-state index contributed by atoms with van der Waals surface area (Å²) < 4.78 is 11.4. The fourth-order valence-electron chi connectivity index (χ4n) is 2.71. The molecular weight excluding hydrogens is 320 g/mol. The van der Waals surface area contributed by atoms with Gasteiger partial charge in [-0.05, 0) is 25.1 Å². The molecule has 1 aliphatic heterocycles. The van der Waals surface area contributed by atoms with Crippen LogP contribution in [0.25, 0.3) is 0 Å². The van der Waals surface area contributed by atoms with Crippen LogP contribution >= 0.6 is 0 Å². The van der Waals surface area contributed by atoms with Gasteiger partial charge in [-0.1, -0.05) is 12.2 Å². The molecule has 2 rings (SSSR count). The lowest BCUT2D eigenvalue weighted by molar-refractivity contribution is -0.130. The molecule has 1 aliphatic rings. The second kappa shape index (κ2) is 8.55. The zero-order valence-corrected chi connectivity index (χ0v) is 15.1. The Morgan fingerprint density at radius 3 is 2.48 bits per heavy atom. The van der Waals surface area contributed by atoms with E-state index in [1.165, 1.54) is 0 Å². The lowest BCUT2D eigenvalue weighted by Gasteiger charge is -2.31. The predicted molar refractivity (Wildman–Crippen MR) is 96.0 cm³/mol. The molecule has 0 aromatic heterocycles. The van der Waals surface area contributed by atoms with Crippen LogP contribution in [0.2, 0.25) is 0 Å². The zero-order valence-electron chi connectivity index (χ0n) is 15.1. The van der Waals surface area contributed by atoms with Crippen LogP contribution in [0.3, 0.4) is 0 Å². The van der Waals surface area contributed by atoms with Crippen LogP contribution in [0.1, 0.15) is 37.0 Å². The first-order valence-corrected chi connectivity index (χ1v) is 8.43. The van der Waals surface area contributed by atoms with Crippen molar-refractivity contribution in [2.24, 2.45) is 0 Å². The van der Waals surface area contributed by atoms with Crippen LogP contribution in [0, 0.1) is 0 Å². The molecule has 0 aliphatic carbocycles. The Morgan fingerprint density at radius 1 is 1.24 bits per heavy atom. The van der Waals surface area contributed by atoms with E-state index in [2.05, 4.69) is 11.9 Å². The van der Waals surface area contributed by atoms with Gasteiger partial charge in [-0.2, -0.15) is 0 Å². The van der Waals surface area contributed by atoms with Crippen molar-refractivity contribution >= 4 is 11.8 Å². The van der Waals surface area contributed by atoms with Crippen molar-refractivity contribution in [3.63, 3.8) is 0 Å². The number of piperidine rings is 1. The third-order valence-electron chi connectivity index (χ3n) is 4.16. The van der Waals surface area contributed by atoms with E-state index in [1.807, 2.05) is 11.8 Å². The lowest BCUT2D eigenvalue weighted by atomic mass is 10.1. The van der Waals surface area contributed by atoms with Crippen molar-refractivity contribution in [1.82, 2.24) is 10.2 Å². The minimum atomic E-state index is -0.179. The van der Waals surface area contributed by atoms with Crippen LogP contribution < -0.4 is 14.8 Å². The summed E-state index contributed by atoms with van der Waals surface area (Å²) in [6.07, 6.45) is 1.52. The van der Waals surface area contributed by atoms with Gasteiger partial charge in [0.25, 0.3) is 5.91 Å². The maximum atomic E-state index is 12.2. The van der Waals surface area contributed by atoms with E-state index in [9.17, 15) is 9.59 Å². The van der Waals surface area contributed by atoms with E-state index in [1.54, 1.807) is 32.2 Å². The monoisotopic (exact) mass is 346 g/mol. The third-order valence-corrected chi connectivity index (χ3v) is 4.16. The summed E-state index contributed by atoms with van der Waals surface area (Å²) in [5.41, 5.74) is 1.40. The van der Waals surface area contributed by atoms with Gasteiger partial charge in [0, 0.05) is 45.0 Å². The second-order valence-corrected chi connectivity index (χ2v) is 6.33. The number of methoxy groups -OCH3 is 1. The van der Waals surface area contributed by atoms with Gasteiger partial charge in [0.15, 0.2) is 11.5 Å². The zero-order chi connectivity index (χ0) is 18.4. The number of rotatable bonds is 6. The molecule has 1 N–H and O–H groups in total. The van der Waals surface area contributed by atoms with Crippen LogP contribution in [0.15, 0.2) is 30.4 Å². The Kier molecular flexibility index (Phi) is 6.44. The first kappa shape index (κ1) is 18.8. The fraction of sp³-hybridized carbons (Fsp3) is 0.474. The smallest absolute Gasteiger partial charge is 0.251 e. The van der Waals surface area contributed by atoms with Gasteiger partial charge >= 0.3 is 0 Å². The maximum Gasteiger partial charge on any atom is 0.251 e. The molecule has 0 spiro atoms.